The van der Waals surface area contributed by atoms with Crippen LogP contribution >= 0.6 is 0 Å². The molecule has 32 heavy (non-hydrogen) atoms. The lowest BCUT2D eigenvalue weighted by molar-refractivity contribution is -0.145. The number of aryl methyl sites for hydroxylation is 1. The van der Waals surface area contributed by atoms with E-state index in [1.165, 1.54) is 44.2 Å². The fourth-order valence-electron chi connectivity index (χ4n) is 3.53. The molecule has 0 aliphatic rings. The predicted molar refractivity (Wildman–Crippen MR) is 129 cm³/mol. The smallest absolute Gasteiger partial charge is 0.305 e. The first kappa shape index (κ1) is 28.6. The van der Waals surface area contributed by atoms with Crippen LogP contribution in [0, 0.1) is 12.8 Å². The van der Waals surface area contributed by atoms with Crippen molar-refractivity contribution in [1.29, 1.82) is 0 Å². The number of hydrogen-bond acceptors (Lipinski definition) is 6. The Labute approximate surface area is 195 Å². The SMILES string of the molecule is CCCCCCC(CCCC)COC(=O)CCCCC(N)OS(=O)(=O)c1ccc(C)cc1. The Balaban J connectivity index is 2.27. The summed E-state index contributed by atoms with van der Waals surface area (Å²) in [6.45, 7) is 6.77. The van der Waals surface area contributed by atoms with Gasteiger partial charge in [-0.2, -0.15) is 8.42 Å². The van der Waals surface area contributed by atoms with Gasteiger partial charge in [0.25, 0.3) is 10.1 Å². The minimum atomic E-state index is -3.88. The summed E-state index contributed by atoms with van der Waals surface area (Å²) in [6.07, 6.45) is 10.4. The van der Waals surface area contributed by atoms with Crippen LogP contribution in [0.25, 0.3) is 0 Å². The molecule has 1 aromatic carbocycles. The van der Waals surface area contributed by atoms with E-state index in [1.54, 1.807) is 12.1 Å². The highest BCUT2D eigenvalue weighted by Crippen LogP contribution is 2.19. The molecule has 0 fully saturated rings. The van der Waals surface area contributed by atoms with E-state index >= 15 is 0 Å². The summed E-state index contributed by atoms with van der Waals surface area (Å²) in [6, 6.07) is 6.44. The number of benzene rings is 1. The summed E-state index contributed by atoms with van der Waals surface area (Å²) in [4.78, 5) is 12.2. The molecule has 0 saturated carbocycles. The van der Waals surface area contributed by atoms with Crippen molar-refractivity contribution in [2.75, 3.05) is 6.61 Å². The summed E-state index contributed by atoms with van der Waals surface area (Å²) in [5.74, 6) is 0.256. The van der Waals surface area contributed by atoms with Crippen LogP contribution < -0.4 is 5.73 Å². The molecule has 0 aromatic heterocycles. The highest BCUT2D eigenvalue weighted by molar-refractivity contribution is 7.86. The number of esters is 1. The molecular formula is C25H43NO5S. The van der Waals surface area contributed by atoms with Gasteiger partial charge in [-0.15, -0.1) is 0 Å². The van der Waals surface area contributed by atoms with Crippen LogP contribution in [0.1, 0.15) is 96.5 Å². The third-order valence-corrected chi connectivity index (χ3v) is 6.94. The number of unbranched alkanes of at least 4 members (excludes halogenated alkanes) is 5. The Morgan fingerprint density at radius 3 is 2.19 bits per heavy atom. The van der Waals surface area contributed by atoms with E-state index in [0.717, 1.165) is 24.8 Å². The molecule has 0 radical (unpaired) electrons. The maximum atomic E-state index is 12.3. The normalized spacial score (nSPS) is 13.6. The van der Waals surface area contributed by atoms with E-state index < -0.39 is 16.3 Å². The first-order valence-corrected chi connectivity index (χ1v) is 13.6. The van der Waals surface area contributed by atoms with Crippen LogP contribution in [-0.2, 0) is 23.8 Å². The van der Waals surface area contributed by atoms with E-state index in [-0.39, 0.29) is 10.9 Å². The molecule has 0 aliphatic carbocycles. The van der Waals surface area contributed by atoms with Crippen LogP contribution in [0.2, 0.25) is 0 Å². The van der Waals surface area contributed by atoms with Crippen LogP contribution in [-0.4, -0.2) is 27.2 Å². The van der Waals surface area contributed by atoms with Crippen molar-refractivity contribution in [2.45, 2.75) is 109 Å². The fraction of sp³-hybridized carbons (Fsp3) is 0.720. The Morgan fingerprint density at radius 2 is 1.53 bits per heavy atom. The first-order chi connectivity index (χ1) is 15.3. The van der Waals surface area contributed by atoms with Crippen molar-refractivity contribution < 1.29 is 22.1 Å². The van der Waals surface area contributed by atoms with E-state index in [1.807, 2.05) is 6.92 Å². The number of carbonyl (C=O) groups excluding carboxylic acids is 1. The molecule has 2 N–H and O–H groups in total. The summed E-state index contributed by atoms with van der Waals surface area (Å²) in [5, 5.41) is 0. The average molecular weight is 470 g/mol. The molecule has 1 rings (SSSR count). The van der Waals surface area contributed by atoms with Crippen LogP contribution in [0.5, 0.6) is 0 Å². The highest BCUT2D eigenvalue weighted by atomic mass is 32.2. The zero-order valence-corrected chi connectivity index (χ0v) is 21.0. The van der Waals surface area contributed by atoms with Gasteiger partial charge in [0.2, 0.25) is 0 Å². The van der Waals surface area contributed by atoms with Gasteiger partial charge in [0.1, 0.15) is 6.23 Å². The minimum Gasteiger partial charge on any atom is -0.465 e. The summed E-state index contributed by atoms with van der Waals surface area (Å²) < 4.78 is 35.1. The lowest BCUT2D eigenvalue weighted by Gasteiger charge is -2.17. The summed E-state index contributed by atoms with van der Waals surface area (Å²) >= 11 is 0. The van der Waals surface area contributed by atoms with Crippen molar-refractivity contribution in [3.63, 3.8) is 0 Å². The Kier molecular flexibility index (Phi) is 14.5. The molecule has 0 heterocycles. The molecule has 0 aliphatic heterocycles. The molecule has 184 valence electrons. The van der Waals surface area contributed by atoms with Crippen molar-refractivity contribution in [1.82, 2.24) is 0 Å². The van der Waals surface area contributed by atoms with Gasteiger partial charge < -0.3 is 10.5 Å². The van der Waals surface area contributed by atoms with Crippen molar-refractivity contribution in [2.24, 2.45) is 11.7 Å². The van der Waals surface area contributed by atoms with Crippen molar-refractivity contribution in [3.05, 3.63) is 29.8 Å². The molecule has 0 saturated heterocycles. The van der Waals surface area contributed by atoms with Gasteiger partial charge in [0.15, 0.2) is 0 Å². The maximum Gasteiger partial charge on any atom is 0.305 e. The third kappa shape index (κ3) is 12.6. The lowest BCUT2D eigenvalue weighted by Crippen LogP contribution is -2.27. The zero-order valence-electron chi connectivity index (χ0n) is 20.2. The van der Waals surface area contributed by atoms with Gasteiger partial charge in [0.05, 0.1) is 11.5 Å². The second-order valence-corrected chi connectivity index (χ2v) is 10.3. The average Bonchev–Trinajstić information content (AvgIpc) is 2.75. The summed E-state index contributed by atoms with van der Waals surface area (Å²) in [5.41, 5.74) is 6.81. The maximum absolute atomic E-state index is 12.3. The monoisotopic (exact) mass is 469 g/mol. The van der Waals surface area contributed by atoms with Crippen molar-refractivity contribution >= 4 is 16.1 Å². The minimum absolute atomic E-state index is 0.0921. The largest absolute Gasteiger partial charge is 0.465 e. The number of ether oxygens (including phenoxy) is 1. The van der Waals surface area contributed by atoms with E-state index in [9.17, 15) is 13.2 Å². The quantitative estimate of drug-likeness (QED) is 0.125. The van der Waals surface area contributed by atoms with E-state index in [4.69, 9.17) is 14.7 Å². The van der Waals surface area contributed by atoms with Gasteiger partial charge in [-0.3, -0.25) is 4.79 Å². The molecule has 6 nitrogen and oxygen atoms in total. The zero-order chi connectivity index (χ0) is 23.8. The van der Waals surface area contributed by atoms with E-state index in [2.05, 4.69) is 13.8 Å². The highest BCUT2D eigenvalue weighted by Gasteiger charge is 2.19. The molecular weight excluding hydrogens is 426 g/mol. The predicted octanol–water partition coefficient (Wildman–Crippen LogP) is 5.87. The van der Waals surface area contributed by atoms with Gasteiger partial charge >= 0.3 is 5.97 Å². The topological polar surface area (TPSA) is 95.7 Å². The number of rotatable bonds is 18. The second-order valence-electron chi connectivity index (χ2n) is 8.69. The summed E-state index contributed by atoms with van der Waals surface area (Å²) in [7, 11) is -3.88. The van der Waals surface area contributed by atoms with Crippen molar-refractivity contribution in [3.8, 4) is 0 Å². The van der Waals surface area contributed by atoms with Gasteiger partial charge in [-0.05, 0) is 57.1 Å². The molecule has 0 bridgehead atoms. The number of hydrogen-bond donors (Lipinski definition) is 1. The molecule has 0 spiro atoms. The molecule has 2 unspecified atom stereocenters. The Morgan fingerprint density at radius 1 is 0.906 bits per heavy atom. The standard InChI is InChI=1S/C25H43NO5S/c1-4-6-8-9-13-22(12-7-5-2)20-30-25(27)15-11-10-14-24(26)31-32(28,29)23-18-16-21(3)17-19-23/h16-19,22,24H,4-15,20,26H2,1-3H3. The third-order valence-electron chi connectivity index (χ3n) is 5.59. The lowest BCUT2D eigenvalue weighted by atomic mass is 9.96. The first-order valence-electron chi connectivity index (χ1n) is 12.2. The van der Waals surface area contributed by atoms with E-state index in [0.29, 0.717) is 38.2 Å². The second kappa shape index (κ2) is 16.2. The van der Waals surface area contributed by atoms with Crippen LogP contribution in [0.3, 0.4) is 0 Å². The number of carbonyl (C=O) groups is 1. The van der Waals surface area contributed by atoms with Crippen LogP contribution in [0.15, 0.2) is 29.2 Å². The Hall–Kier alpha value is -1.44. The van der Waals surface area contributed by atoms with Gasteiger partial charge in [0, 0.05) is 6.42 Å². The van der Waals surface area contributed by atoms with Crippen LogP contribution in [0.4, 0.5) is 0 Å². The van der Waals surface area contributed by atoms with Gasteiger partial charge in [-0.25, -0.2) is 4.18 Å². The fourth-order valence-corrected chi connectivity index (χ4v) is 4.53. The molecule has 2 atom stereocenters. The number of nitrogens with two attached hydrogens (primary N) is 1. The van der Waals surface area contributed by atoms with Gasteiger partial charge in [-0.1, -0.05) is 70.1 Å². The Bertz CT molecular complexity index is 733. The molecule has 0 amide bonds. The molecule has 1 aromatic rings. The molecule has 7 heteroatoms.